The van der Waals surface area contributed by atoms with Crippen LogP contribution in [0, 0.1) is 0 Å². The maximum absolute atomic E-state index is 5.15. The van der Waals surface area contributed by atoms with Crippen molar-refractivity contribution in [3.8, 4) is 0 Å². The van der Waals surface area contributed by atoms with E-state index >= 15 is 0 Å². The largest absolute Gasteiger partial charge is 0.420 e. The first-order valence-electron chi connectivity index (χ1n) is 2.60. The SMILES string of the molecule is C=CCO[SiH2]CC. The van der Waals surface area contributed by atoms with Gasteiger partial charge in [-0.3, -0.25) is 0 Å². The van der Waals surface area contributed by atoms with Crippen LogP contribution in [0.5, 0.6) is 0 Å². The average molecular weight is 116 g/mol. The Morgan fingerprint density at radius 2 is 2.57 bits per heavy atom. The van der Waals surface area contributed by atoms with Crippen LogP contribution < -0.4 is 0 Å². The Morgan fingerprint density at radius 1 is 1.86 bits per heavy atom. The van der Waals surface area contributed by atoms with E-state index in [1.54, 1.807) is 6.08 Å². The summed E-state index contributed by atoms with van der Waals surface area (Å²) in [5.74, 6) is 0. The van der Waals surface area contributed by atoms with E-state index in [9.17, 15) is 0 Å². The van der Waals surface area contributed by atoms with Crippen LogP contribution in [0.1, 0.15) is 6.92 Å². The molecular formula is C5H12OSi. The van der Waals surface area contributed by atoms with Gasteiger partial charge < -0.3 is 4.43 Å². The summed E-state index contributed by atoms with van der Waals surface area (Å²) in [6.45, 7) is 6.43. The van der Waals surface area contributed by atoms with E-state index in [1.165, 1.54) is 6.04 Å². The van der Waals surface area contributed by atoms with Gasteiger partial charge in [0, 0.05) is 0 Å². The highest BCUT2D eigenvalue weighted by Gasteiger charge is 1.76. The second-order valence-electron chi connectivity index (χ2n) is 1.36. The molecule has 0 atom stereocenters. The summed E-state index contributed by atoms with van der Waals surface area (Å²) in [6.07, 6.45) is 1.79. The van der Waals surface area contributed by atoms with Gasteiger partial charge in [-0.2, -0.15) is 0 Å². The normalized spacial score (nSPS) is 10.4. The minimum atomic E-state index is -0.161. The number of hydrogen-bond acceptors (Lipinski definition) is 1. The van der Waals surface area contributed by atoms with Crippen LogP contribution in [0.4, 0.5) is 0 Å². The van der Waals surface area contributed by atoms with Crippen LogP contribution in [0.3, 0.4) is 0 Å². The third kappa shape index (κ3) is 5.92. The fourth-order valence-corrected chi connectivity index (χ4v) is 0.933. The highest BCUT2D eigenvalue weighted by atomic mass is 28.2. The minimum Gasteiger partial charge on any atom is -0.420 e. The van der Waals surface area contributed by atoms with Crippen LogP contribution in [-0.4, -0.2) is 16.4 Å². The van der Waals surface area contributed by atoms with Crippen LogP contribution in [0.15, 0.2) is 12.7 Å². The second-order valence-corrected chi connectivity index (χ2v) is 3.18. The van der Waals surface area contributed by atoms with Crippen molar-refractivity contribution in [1.82, 2.24) is 0 Å². The Bertz CT molecular complexity index is 45.3. The molecule has 0 heterocycles. The minimum absolute atomic E-state index is 0.161. The summed E-state index contributed by atoms with van der Waals surface area (Å²) in [4.78, 5) is 0. The van der Waals surface area contributed by atoms with Gasteiger partial charge in [-0.1, -0.05) is 13.0 Å². The summed E-state index contributed by atoms with van der Waals surface area (Å²) in [7, 11) is -0.161. The lowest BCUT2D eigenvalue weighted by Crippen LogP contribution is -1.94. The molecule has 0 aliphatic heterocycles. The monoisotopic (exact) mass is 116 g/mol. The zero-order valence-electron chi connectivity index (χ0n) is 4.81. The molecule has 0 spiro atoms. The van der Waals surface area contributed by atoms with Gasteiger partial charge in [0.15, 0.2) is 9.76 Å². The van der Waals surface area contributed by atoms with Crippen molar-refractivity contribution in [2.24, 2.45) is 0 Å². The van der Waals surface area contributed by atoms with Crippen LogP contribution in [0.25, 0.3) is 0 Å². The molecule has 0 fully saturated rings. The standard InChI is InChI=1S/C5H12OSi/c1-3-5-6-7-4-2/h3H,1,4-5,7H2,2H3. The second kappa shape index (κ2) is 5.92. The Morgan fingerprint density at radius 3 is 3.00 bits per heavy atom. The van der Waals surface area contributed by atoms with E-state index in [4.69, 9.17) is 4.43 Å². The van der Waals surface area contributed by atoms with Crippen molar-refractivity contribution in [3.05, 3.63) is 12.7 Å². The van der Waals surface area contributed by atoms with Crippen LogP contribution >= 0.6 is 0 Å². The van der Waals surface area contributed by atoms with Gasteiger partial charge in [-0.25, -0.2) is 0 Å². The maximum atomic E-state index is 5.15. The average Bonchev–Trinajstić information content (AvgIpc) is 1.69. The molecular weight excluding hydrogens is 104 g/mol. The van der Waals surface area contributed by atoms with Crippen molar-refractivity contribution in [1.29, 1.82) is 0 Å². The smallest absolute Gasteiger partial charge is 0.161 e. The fourth-order valence-electron chi connectivity index (χ4n) is 0.311. The van der Waals surface area contributed by atoms with Crippen molar-refractivity contribution in [2.75, 3.05) is 6.61 Å². The molecule has 0 aromatic carbocycles. The van der Waals surface area contributed by atoms with Crippen molar-refractivity contribution < 1.29 is 4.43 Å². The maximum Gasteiger partial charge on any atom is 0.161 e. The quantitative estimate of drug-likeness (QED) is 0.298. The Kier molecular flexibility index (Phi) is 5.85. The third-order valence-electron chi connectivity index (χ3n) is 0.584. The lowest BCUT2D eigenvalue weighted by molar-refractivity contribution is 0.386. The fraction of sp³-hybridized carbons (Fsp3) is 0.600. The third-order valence-corrected chi connectivity index (χ3v) is 1.52. The Balaban J connectivity index is 2.56. The predicted octanol–water partition coefficient (Wildman–Crippen LogP) is 0.711. The van der Waals surface area contributed by atoms with Gasteiger partial charge in [-0.05, 0) is 6.04 Å². The van der Waals surface area contributed by atoms with Crippen molar-refractivity contribution >= 4 is 9.76 Å². The summed E-state index contributed by atoms with van der Waals surface area (Å²) in [6, 6.07) is 1.23. The predicted molar refractivity (Wildman–Crippen MR) is 35.2 cm³/mol. The van der Waals surface area contributed by atoms with Gasteiger partial charge in [0.2, 0.25) is 0 Å². The van der Waals surface area contributed by atoms with Gasteiger partial charge >= 0.3 is 0 Å². The van der Waals surface area contributed by atoms with E-state index in [0.717, 1.165) is 6.61 Å². The molecule has 0 aromatic heterocycles. The first-order chi connectivity index (χ1) is 3.41. The van der Waals surface area contributed by atoms with E-state index in [-0.39, 0.29) is 9.76 Å². The molecule has 0 saturated carbocycles. The van der Waals surface area contributed by atoms with Crippen molar-refractivity contribution in [3.63, 3.8) is 0 Å². The molecule has 0 unspecified atom stereocenters. The zero-order chi connectivity index (χ0) is 5.54. The molecule has 1 nitrogen and oxygen atoms in total. The Labute approximate surface area is 47.3 Å². The first-order valence-corrected chi connectivity index (χ1v) is 4.18. The van der Waals surface area contributed by atoms with Gasteiger partial charge in [0.25, 0.3) is 0 Å². The lowest BCUT2D eigenvalue weighted by Gasteiger charge is -1.92. The summed E-state index contributed by atoms with van der Waals surface area (Å²) < 4.78 is 5.15. The zero-order valence-corrected chi connectivity index (χ0v) is 6.23. The van der Waals surface area contributed by atoms with Crippen LogP contribution in [-0.2, 0) is 4.43 Å². The molecule has 0 rings (SSSR count). The van der Waals surface area contributed by atoms with E-state index in [1.807, 2.05) is 0 Å². The Hall–Kier alpha value is -0.0831. The number of rotatable bonds is 4. The molecule has 0 radical (unpaired) electrons. The molecule has 2 heteroatoms. The molecule has 0 N–H and O–H groups in total. The van der Waals surface area contributed by atoms with E-state index in [2.05, 4.69) is 13.5 Å². The van der Waals surface area contributed by atoms with Gasteiger partial charge in [0.1, 0.15) is 0 Å². The molecule has 0 saturated heterocycles. The molecule has 0 bridgehead atoms. The molecule has 0 amide bonds. The van der Waals surface area contributed by atoms with Crippen LogP contribution in [0.2, 0.25) is 6.04 Å². The molecule has 0 aliphatic rings. The summed E-state index contributed by atoms with van der Waals surface area (Å²) in [5, 5.41) is 0. The van der Waals surface area contributed by atoms with Crippen molar-refractivity contribution in [2.45, 2.75) is 13.0 Å². The van der Waals surface area contributed by atoms with E-state index in [0.29, 0.717) is 0 Å². The molecule has 0 aliphatic carbocycles. The van der Waals surface area contributed by atoms with E-state index < -0.39 is 0 Å². The first kappa shape index (κ1) is 6.92. The van der Waals surface area contributed by atoms with Gasteiger partial charge in [-0.15, -0.1) is 6.58 Å². The highest BCUT2D eigenvalue weighted by Crippen LogP contribution is 1.75. The summed E-state index contributed by atoms with van der Waals surface area (Å²) in [5.41, 5.74) is 0. The molecule has 7 heavy (non-hydrogen) atoms. The molecule has 0 aromatic rings. The molecule has 42 valence electrons. The highest BCUT2D eigenvalue weighted by molar-refractivity contribution is 6.26. The summed E-state index contributed by atoms with van der Waals surface area (Å²) >= 11 is 0. The topological polar surface area (TPSA) is 9.23 Å². The van der Waals surface area contributed by atoms with Gasteiger partial charge in [0.05, 0.1) is 6.61 Å². The number of hydrogen-bond donors (Lipinski definition) is 0. The lowest BCUT2D eigenvalue weighted by atomic mass is 10.7.